The van der Waals surface area contributed by atoms with Gasteiger partial charge in [0.2, 0.25) is 5.91 Å². The molecular weight excluding hydrogens is 388 g/mol. The minimum atomic E-state index is -0.492. The molecule has 0 unspecified atom stereocenters. The molecule has 0 spiro atoms. The van der Waals surface area contributed by atoms with Crippen LogP contribution >= 0.6 is 11.8 Å². The van der Waals surface area contributed by atoms with Gasteiger partial charge >= 0.3 is 0 Å². The Morgan fingerprint density at radius 1 is 1.24 bits per heavy atom. The van der Waals surface area contributed by atoms with Crippen LogP contribution in [0.3, 0.4) is 0 Å². The van der Waals surface area contributed by atoms with Gasteiger partial charge in [-0.25, -0.2) is 0 Å². The van der Waals surface area contributed by atoms with Gasteiger partial charge in [0.25, 0.3) is 0 Å². The van der Waals surface area contributed by atoms with Gasteiger partial charge in [-0.2, -0.15) is 0 Å². The van der Waals surface area contributed by atoms with E-state index in [9.17, 15) is 9.90 Å². The third kappa shape index (κ3) is 5.51. The van der Waals surface area contributed by atoms with Crippen LogP contribution in [-0.4, -0.2) is 50.8 Å². The number of thioether (sulfide) groups is 1. The van der Waals surface area contributed by atoms with Gasteiger partial charge in [0.05, 0.1) is 30.7 Å². The lowest BCUT2D eigenvalue weighted by Crippen LogP contribution is -2.52. The van der Waals surface area contributed by atoms with Crippen molar-refractivity contribution in [2.75, 3.05) is 19.5 Å². The van der Waals surface area contributed by atoms with Gasteiger partial charge in [-0.1, -0.05) is 49.9 Å². The minimum Gasteiger partial charge on any atom is -0.497 e. The predicted molar refractivity (Wildman–Crippen MR) is 114 cm³/mol. The highest BCUT2D eigenvalue weighted by Crippen LogP contribution is 2.27. The van der Waals surface area contributed by atoms with E-state index in [-0.39, 0.29) is 18.3 Å². The number of benzene rings is 1. The number of carbonyl (C=O) groups excluding carboxylic acids is 1. The summed E-state index contributed by atoms with van der Waals surface area (Å²) in [7, 11) is 1.63. The molecule has 1 fully saturated rings. The molecule has 1 amide bonds. The predicted octanol–water partition coefficient (Wildman–Crippen LogP) is 3.27. The fraction of sp³-hybridized carbons (Fsp3) is 0.571. The van der Waals surface area contributed by atoms with Crippen molar-refractivity contribution in [3.05, 3.63) is 30.1 Å². The van der Waals surface area contributed by atoms with Crippen LogP contribution in [0.1, 0.15) is 50.8 Å². The molecule has 7 nitrogen and oxygen atoms in total. The van der Waals surface area contributed by atoms with E-state index in [1.807, 2.05) is 35.8 Å². The number of aliphatic hydroxyl groups is 1. The van der Waals surface area contributed by atoms with Gasteiger partial charge in [0.15, 0.2) is 5.16 Å². The van der Waals surface area contributed by atoms with Crippen LogP contribution in [-0.2, 0) is 4.79 Å². The molecule has 8 heteroatoms. The monoisotopic (exact) mass is 418 g/mol. The van der Waals surface area contributed by atoms with Crippen LogP contribution in [0.15, 0.2) is 29.4 Å². The summed E-state index contributed by atoms with van der Waals surface area (Å²) in [5.41, 5.74) is 0.399. The van der Waals surface area contributed by atoms with E-state index >= 15 is 0 Å². The highest BCUT2D eigenvalue weighted by molar-refractivity contribution is 7.99. The lowest BCUT2D eigenvalue weighted by molar-refractivity contribution is -0.121. The average molecular weight is 419 g/mol. The van der Waals surface area contributed by atoms with Crippen molar-refractivity contribution in [3.8, 4) is 11.4 Å². The fourth-order valence-corrected chi connectivity index (χ4v) is 4.65. The zero-order valence-electron chi connectivity index (χ0n) is 17.2. The maximum Gasteiger partial charge on any atom is 0.230 e. The molecular formula is C21H30N4O3S. The Hall–Kier alpha value is -2.06. The van der Waals surface area contributed by atoms with Crippen molar-refractivity contribution in [3.63, 3.8) is 0 Å². The molecule has 1 aromatic heterocycles. The molecule has 1 aliphatic rings. The van der Waals surface area contributed by atoms with Crippen LogP contribution in [0.25, 0.3) is 5.69 Å². The van der Waals surface area contributed by atoms with Crippen LogP contribution in [0, 0.1) is 6.92 Å². The van der Waals surface area contributed by atoms with E-state index < -0.39 is 5.54 Å². The van der Waals surface area contributed by atoms with E-state index in [0.717, 1.165) is 55.8 Å². The number of hydrogen-bond acceptors (Lipinski definition) is 6. The standard InChI is InChI=1S/C21H30N4O3S/c1-16-23-24-20(25(16)17-9-8-10-18(13-17)28-2)29-14-19(27)22-21(15-26)11-6-4-3-5-7-12-21/h8-10,13,26H,3-7,11-12,14-15H2,1-2H3,(H,22,27). The molecule has 1 aromatic carbocycles. The maximum atomic E-state index is 12.7. The zero-order valence-corrected chi connectivity index (χ0v) is 18.0. The second-order valence-corrected chi connectivity index (χ2v) is 8.55. The Kier molecular flexibility index (Phi) is 7.55. The van der Waals surface area contributed by atoms with Gasteiger partial charge in [0.1, 0.15) is 11.6 Å². The molecule has 1 heterocycles. The number of nitrogens with zero attached hydrogens (tertiary/aromatic N) is 3. The molecule has 0 atom stereocenters. The molecule has 0 bridgehead atoms. The quantitative estimate of drug-likeness (QED) is 0.671. The summed E-state index contributed by atoms with van der Waals surface area (Å²) in [6, 6.07) is 7.66. The van der Waals surface area contributed by atoms with Gasteiger partial charge in [0, 0.05) is 6.07 Å². The number of aryl methyl sites for hydroxylation is 1. The van der Waals surface area contributed by atoms with E-state index in [1.165, 1.54) is 18.2 Å². The Labute approximate surface area is 176 Å². The minimum absolute atomic E-state index is 0.0114. The number of rotatable bonds is 7. The van der Waals surface area contributed by atoms with Crippen molar-refractivity contribution in [2.45, 2.75) is 62.6 Å². The number of nitrogens with one attached hydrogen (secondary N) is 1. The van der Waals surface area contributed by atoms with Crippen LogP contribution in [0.4, 0.5) is 0 Å². The summed E-state index contributed by atoms with van der Waals surface area (Å²) < 4.78 is 7.22. The summed E-state index contributed by atoms with van der Waals surface area (Å²) in [4.78, 5) is 12.7. The molecule has 29 heavy (non-hydrogen) atoms. The van der Waals surface area contributed by atoms with Crippen molar-refractivity contribution >= 4 is 17.7 Å². The Bertz CT molecular complexity index is 816. The number of aromatic nitrogens is 3. The number of aliphatic hydroxyl groups excluding tert-OH is 1. The van der Waals surface area contributed by atoms with E-state index in [4.69, 9.17) is 4.74 Å². The first kappa shape index (κ1) is 21.6. The molecule has 158 valence electrons. The number of methoxy groups -OCH3 is 1. The van der Waals surface area contributed by atoms with Gasteiger partial charge in [-0.05, 0) is 31.9 Å². The largest absolute Gasteiger partial charge is 0.497 e. The second-order valence-electron chi connectivity index (χ2n) is 7.61. The van der Waals surface area contributed by atoms with Crippen molar-refractivity contribution < 1.29 is 14.6 Å². The first-order chi connectivity index (χ1) is 14.1. The van der Waals surface area contributed by atoms with E-state index in [0.29, 0.717) is 5.16 Å². The normalized spacial score (nSPS) is 16.7. The number of amides is 1. The van der Waals surface area contributed by atoms with E-state index in [2.05, 4.69) is 15.5 Å². The molecule has 2 aromatic rings. The van der Waals surface area contributed by atoms with Gasteiger partial charge in [-0.15, -0.1) is 10.2 Å². The smallest absolute Gasteiger partial charge is 0.230 e. The van der Waals surface area contributed by atoms with Crippen LogP contribution < -0.4 is 10.1 Å². The number of hydrogen-bond donors (Lipinski definition) is 2. The van der Waals surface area contributed by atoms with Crippen LogP contribution in [0.5, 0.6) is 5.75 Å². The van der Waals surface area contributed by atoms with Crippen molar-refractivity contribution in [1.29, 1.82) is 0 Å². The first-order valence-electron chi connectivity index (χ1n) is 10.2. The molecule has 3 rings (SSSR count). The average Bonchev–Trinajstić information content (AvgIpc) is 3.09. The van der Waals surface area contributed by atoms with E-state index in [1.54, 1.807) is 7.11 Å². The van der Waals surface area contributed by atoms with Gasteiger partial charge in [-0.3, -0.25) is 9.36 Å². The summed E-state index contributed by atoms with van der Waals surface area (Å²) in [5, 5.41) is 22.2. The Morgan fingerprint density at radius 3 is 2.66 bits per heavy atom. The molecule has 1 saturated carbocycles. The first-order valence-corrected chi connectivity index (χ1v) is 11.2. The van der Waals surface area contributed by atoms with Crippen LogP contribution in [0.2, 0.25) is 0 Å². The molecule has 1 aliphatic carbocycles. The highest BCUT2D eigenvalue weighted by Gasteiger charge is 2.31. The maximum absolute atomic E-state index is 12.7. The third-order valence-electron chi connectivity index (χ3n) is 5.46. The summed E-state index contributed by atoms with van der Waals surface area (Å²) >= 11 is 1.35. The van der Waals surface area contributed by atoms with Crippen molar-refractivity contribution in [2.24, 2.45) is 0 Å². The summed E-state index contributed by atoms with van der Waals surface area (Å²) in [6.07, 6.45) is 7.31. The molecule has 2 N–H and O–H groups in total. The Morgan fingerprint density at radius 2 is 1.97 bits per heavy atom. The lowest BCUT2D eigenvalue weighted by atomic mass is 9.84. The third-order valence-corrected chi connectivity index (χ3v) is 6.39. The number of carbonyl (C=O) groups is 1. The second kappa shape index (κ2) is 10.1. The SMILES string of the molecule is COc1cccc(-n2c(C)nnc2SCC(=O)NC2(CO)CCCCCCC2)c1. The topological polar surface area (TPSA) is 89.3 Å². The number of ether oxygens (including phenoxy) is 1. The highest BCUT2D eigenvalue weighted by atomic mass is 32.2. The Balaban J connectivity index is 1.67. The van der Waals surface area contributed by atoms with Gasteiger partial charge < -0.3 is 15.2 Å². The summed E-state index contributed by atoms with van der Waals surface area (Å²) in [5.74, 6) is 1.64. The lowest BCUT2D eigenvalue weighted by Gasteiger charge is -2.34. The molecule has 0 radical (unpaired) electrons. The molecule has 0 aliphatic heterocycles. The van der Waals surface area contributed by atoms with Crippen molar-refractivity contribution in [1.82, 2.24) is 20.1 Å². The zero-order chi connectivity index (χ0) is 20.7. The summed E-state index contributed by atoms with van der Waals surface area (Å²) in [6.45, 7) is 1.87. The fourth-order valence-electron chi connectivity index (χ4n) is 3.85. The molecule has 0 saturated heterocycles.